The highest BCUT2D eigenvalue weighted by atomic mass is 32.2. The number of aromatic nitrogens is 1. The van der Waals surface area contributed by atoms with Crippen molar-refractivity contribution >= 4 is 29.4 Å². The van der Waals surface area contributed by atoms with E-state index in [4.69, 9.17) is 4.52 Å². The second-order valence-electron chi connectivity index (χ2n) is 6.71. The molecule has 2 atom stereocenters. The van der Waals surface area contributed by atoms with Gasteiger partial charge in [-0.25, -0.2) is 0 Å². The topological polar surface area (TPSA) is 75.4 Å². The van der Waals surface area contributed by atoms with Gasteiger partial charge in [0.2, 0.25) is 11.8 Å². The van der Waals surface area contributed by atoms with E-state index in [0.717, 1.165) is 19.4 Å². The van der Waals surface area contributed by atoms with Crippen LogP contribution in [0, 0.1) is 12.8 Å². The lowest BCUT2D eigenvalue weighted by molar-refractivity contribution is -0.134. The summed E-state index contributed by atoms with van der Waals surface area (Å²) in [5, 5.41) is 6.40. The van der Waals surface area contributed by atoms with Crippen molar-refractivity contribution in [2.24, 2.45) is 5.92 Å². The molecule has 0 radical (unpaired) electrons. The molecule has 1 aromatic rings. The van der Waals surface area contributed by atoms with Crippen LogP contribution in [0.2, 0.25) is 0 Å². The molecule has 1 saturated carbocycles. The average Bonchev–Trinajstić information content (AvgIpc) is 2.99. The van der Waals surface area contributed by atoms with Gasteiger partial charge < -0.3 is 14.7 Å². The Labute approximate surface area is 146 Å². The second kappa shape index (κ2) is 8.05. The van der Waals surface area contributed by atoms with Crippen LogP contribution in [0.25, 0.3) is 0 Å². The molecule has 0 spiro atoms. The predicted molar refractivity (Wildman–Crippen MR) is 93.9 cm³/mol. The fourth-order valence-corrected chi connectivity index (χ4v) is 4.55. The molecule has 1 aliphatic heterocycles. The van der Waals surface area contributed by atoms with E-state index >= 15 is 0 Å². The number of fused-ring (bicyclic) bond motifs is 1. The van der Waals surface area contributed by atoms with Gasteiger partial charge in [-0.1, -0.05) is 18.0 Å². The third-order valence-electron chi connectivity index (χ3n) is 4.92. The van der Waals surface area contributed by atoms with Gasteiger partial charge in [0.1, 0.15) is 5.76 Å². The third kappa shape index (κ3) is 4.32. The Morgan fingerprint density at radius 1 is 1.29 bits per heavy atom. The fraction of sp³-hybridized carbons (Fsp3) is 0.706. The van der Waals surface area contributed by atoms with Gasteiger partial charge in [0.25, 0.3) is 0 Å². The van der Waals surface area contributed by atoms with Crippen LogP contribution in [-0.2, 0) is 9.59 Å². The van der Waals surface area contributed by atoms with Gasteiger partial charge in [-0.15, -0.1) is 11.8 Å². The highest BCUT2D eigenvalue weighted by Gasteiger charge is 2.35. The lowest BCUT2D eigenvalue weighted by atomic mass is 9.78. The van der Waals surface area contributed by atoms with Crippen LogP contribution in [0.5, 0.6) is 0 Å². The summed E-state index contributed by atoms with van der Waals surface area (Å²) in [4.78, 5) is 26.5. The summed E-state index contributed by atoms with van der Waals surface area (Å²) in [6, 6.07) is 2.11. The molecule has 1 saturated heterocycles. The highest BCUT2D eigenvalue weighted by molar-refractivity contribution is 8.00. The van der Waals surface area contributed by atoms with Crippen LogP contribution in [0.4, 0.5) is 5.82 Å². The lowest BCUT2D eigenvalue weighted by Crippen LogP contribution is -2.50. The maximum Gasteiger partial charge on any atom is 0.235 e. The van der Waals surface area contributed by atoms with E-state index in [0.29, 0.717) is 29.3 Å². The molecule has 0 aromatic carbocycles. The molecule has 6 nitrogen and oxygen atoms in total. The zero-order valence-electron chi connectivity index (χ0n) is 14.1. The van der Waals surface area contributed by atoms with Crippen molar-refractivity contribution in [3.05, 3.63) is 11.8 Å². The molecule has 132 valence electrons. The quantitative estimate of drug-likeness (QED) is 0.883. The van der Waals surface area contributed by atoms with Gasteiger partial charge in [0.05, 0.1) is 11.5 Å². The molecule has 2 unspecified atom stereocenters. The average molecular weight is 351 g/mol. The van der Waals surface area contributed by atoms with Gasteiger partial charge in [0, 0.05) is 18.7 Å². The van der Waals surface area contributed by atoms with E-state index in [1.54, 1.807) is 13.0 Å². The van der Waals surface area contributed by atoms with Crippen molar-refractivity contribution in [3.8, 4) is 0 Å². The van der Waals surface area contributed by atoms with E-state index < -0.39 is 0 Å². The Hall–Kier alpha value is -1.50. The zero-order chi connectivity index (χ0) is 16.9. The number of carbonyl (C=O) groups excluding carboxylic acids is 2. The summed E-state index contributed by atoms with van der Waals surface area (Å²) in [7, 11) is 0. The zero-order valence-corrected chi connectivity index (χ0v) is 14.9. The van der Waals surface area contributed by atoms with Crippen molar-refractivity contribution in [1.29, 1.82) is 0 Å². The minimum atomic E-state index is -0.157. The largest absolute Gasteiger partial charge is 0.360 e. The number of amides is 2. The van der Waals surface area contributed by atoms with E-state index in [1.807, 2.05) is 0 Å². The number of hydrogen-bond donors (Lipinski definition) is 1. The van der Waals surface area contributed by atoms with Crippen molar-refractivity contribution in [3.63, 3.8) is 0 Å². The molecule has 7 heteroatoms. The smallest absolute Gasteiger partial charge is 0.235 e. The molecule has 24 heavy (non-hydrogen) atoms. The Bertz CT molecular complexity index is 587. The van der Waals surface area contributed by atoms with Crippen LogP contribution >= 0.6 is 11.8 Å². The number of rotatable bonds is 5. The Morgan fingerprint density at radius 3 is 2.88 bits per heavy atom. The van der Waals surface area contributed by atoms with Crippen LogP contribution in [0.1, 0.15) is 44.3 Å². The molecule has 2 amide bonds. The van der Waals surface area contributed by atoms with Crippen LogP contribution < -0.4 is 5.32 Å². The number of anilines is 1. The summed E-state index contributed by atoms with van der Waals surface area (Å²) in [5.41, 5.74) is 0. The summed E-state index contributed by atoms with van der Waals surface area (Å²) >= 11 is 1.37. The number of likely N-dealkylation sites (tertiary alicyclic amines) is 1. The van der Waals surface area contributed by atoms with Crippen LogP contribution in [-0.4, -0.2) is 46.0 Å². The molecule has 0 bridgehead atoms. The first kappa shape index (κ1) is 17.3. The highest BCUT2D eigenvalue weighted by Crippen LogP contribution is 2.35. The molecular weight excluding hydrogens is 326 g/mol. The molecule has 2 aliphatic rings. The number of nitrogens with one attached hydrogen (secondary N) is 1. The number of carbonyl (C=O) groups is 2. The predicted octanol–water partition coefficient (Wildman–Crippen LogP) is 2.84. The van der Waals surface area contributed by atoms with Gasteiger partial charge in [0.15, 0.2) is 5.82 Å². The number of thioether (sulfide) groups is 1. The van der Waals surface area contributed by atoms with Crippen LogP contribution in [0.3, 0.4) is 0 Å². The SMILES string of the molecule is Cc1cc(NC(=O)CSCC(=O)N2CCCC3CCCCC32)no1. The Morgan fingerprint density at radius 2 is 2.08 bits per heavy atom. The van der Waals surface area contributed by atoms with Crippen molar-refractivity contribution < 1.29 is 14.1 Å². The lowest BCUT2D eigenvalue weighted by Gasteiger charge is -2.44. The summed E-state index contributed by atoms with van der Waals surface area (Å²) in [6.45, 7) is 2.65. The molecule has 1 aromatic heterocycles. The molecule has 2 heterocycles. The first-order valence-electron chi connectivity index (χ1n) is 8.74. The second-order valence-corrected chi connectivity index (χ2v) is 7.69. The minimum absolute atomic E-state index is 0.157. The van der Waals surface area contributed by atoms with Gasteiger partial charge >= 0.3 is 0 Å². The third-order valence-corrected chi connectivity index (χ3v) is 5.84. The van der Waals surface area contributed by atoms with Gasteiger partial charge in [-0.05, 0) is 38.5 Å². The summed E-state index contributed by atoms with van der Waals surface area (Å²) in [5.74, 6) is 2.41. The van der Waals surface area contributed by atoms with Crippen molar-refractivity contribution in [2.75, 3.05) is 23.4 Å². The summed E-state index contributed by atoms with van der Waals surface area (Å²) < 4.78 is 4.91. The fourth-order valence-electron chi connectivity index (χ4n) is 3.85. The first-order valence-corrected chi connectivity index (χ1v) is 9.89. The van der Waals surface area contributed by atoms with Crippen LogP contribution in [0.15, 0.2) is 10.6 Å². The number of aryl methyl sites for hydroxylation is 1. The van der Waals surface area contributed by atoms with Gasteiger partial charge in [-0.2, -0.15) is 0 Å². The Kier molecular flexibility index (Phi) is 5.81. The molecule has 1 N–H and O–H groups in total. The number of hydrogen-bond acceptors (Lipinski definition) is 5. The normalized spacial score (nSPS) is 23.6. The monoisotopic (exact) mass is 351 g/mol. The van der Waals surface area contributed by atoms with Gasteiger partial charge in [-0.3, -0.25) is 9.59 Å². The number of piperidine rings is 1. The van der Waals surface area contributed by atoms with Crippen molar-refractivity contribution in [1.82, 2.24) is 10.1 Å². The van der Waals surface area contributed by atoms with E-state index in [2.05, 4.69) is 15.4 Å². The van der Waals surface area contributed by atoms with Crippen molar-refractivity contribution in [2.45, 2.75) is 51.5 Å². The summed E-state index contributed by atoms with van der Waals surface area (Å²) in [6.07, 6.45) is 7.33. The first-order chi connectivity index (χ1) is 11.6. The minimum Gasteiger partial charge on any atom is -0.360 e. The molecular formula is C17H25N3O3S. The maximum atomic E-state index is 12.5. The van der Waals surface area contributed by atoms with E-state index in [1.165, 1.54) is 37.4 Å². The number of nitrogens with zero attached hydrogens (tertiary/aromatic N) is 2. The standard InChI is InChI=1S/C17H25N3O3S/c1-12-9-15(19-23-12)18-16(21)10-24-11-17(22)20-8-4-6-13-5-2-3-7-14(13)20/h9,13-14H,2-8,10-11H2,1H3,(H,18,19,21). The molecule has 2 fully saturated rings. The molecule has 3 rings (SSSR count). The maximum absolute atomic E-state index is 12.5. The Balaban J connectivity index is 1.42. The van der Waals surface area contributed by atoms with E-state index in [-0.39, 0.29) is 17.6 Å². The molecule has 1 aliphatic carbocycles. The van der Waals surface area contributed by atoms with E-state index in [9.17, 15) is 9.59 Å².